The zero-order chi connectivity index (χ0) is 24.6. The number of benzene rings is 2. The molecule has 4 aromatic rings. The maximum Gasteiger partial charge on any atom is 0.259 e. The monoisotopic (exact) mass is 468 g/mol. The van der Waals surface area contributed by atoms with E-state index in [2.05, 4.69) is 16.4 Å². The van der Waals surface area contributed by atoms with E-state index in [9.17, 15) is 4.79 Å². The number of amides is 1. The Balaban J connectivity index is 1.41. The first-order valence-corrected chi connectivity index (χ1v) is 11.6. The number of hydrogen-bond acceptors (Lipinski definition) is 5. The molecule has 35 heavy (non-hydrogen) atoms. The van der Waals surface area contributed by atoms with Crippen molar-refractivity contribution in [3.05, 3.63) is 83.3 Å². The molecule has 1 amide bonds. The van der Waals surface area contributed by atoms with Gasteiger partial charge in [0.15, 0.2) is 0 Å². The minimum absolute atomic E-state index is 0.250. The lowest BCUT2D eigenvalue weighted by Crippen LogP contribution is -2.28. The number of fused-ring (bicyclic) bond motifs is 2. The van der Waals surface area contributed by atoms with Gasteiger partial charge in [0.05, 0.1) is 29.4 Å². The molecule has 0 unspecified atom stereocenters. The van der Waals surface area contributed by atoms with Crippen LogP contribution in [0, 0.1) is 6.92 Å². The van der Waals surface area contributed by atoms with Crippen molar-refractivity contribution in [2.45, 2.75) is 39.3 Å². The highest BCUT2D eigenvalue weighted by Crippen LogP contribution is 2.39. The van der Waals surface area contributed by atoms with E-state index in [0.717, 1.165) is 40.7 Å². The molecule has 0 saturated carbocycles. The summed E-state index contributed by atoms with van der Waals surface area (Å²) in [6.07, 6.45) is 8.37. The van der Waals surface area contributed by atoms with Crippen molar-refractivity contribution in [2.75, 3.05) is 12.4 Å². The third-order valence-electron chi connectivity index (χ3n) is 6.16. The van der Waals surface area contributed by atoms with Crippen LogP contribution in [0.25, 0.3) is 17.0 Å². The predicted octanol–water partition coefficient (Wildman–Crippen LogP) is 5.43. The second-order valence-corrected chi connectivity index (χ2v) is 9.20. The molecule has 3 heterocycles. The number of pyridine rings is 1. The number of methoxy groups -OCH3 is 1. The number of anilines is 1. The average Bonchev–Trinajstić information content (AvgIpc) is 3.16. The number of hydrogen-bond donors (Lipinski definition) is 1. The molecule has 7 nitrogen and oxygen atoms in total. The first kappa shape index (κ1) is 22.7. The first-order valence-electron chi connectivity index (χ1n) is 11.6. The van der Waals surface area contributed by atoms with Gasteiger partial charge in [-0.25, -0.2) is 0 Å². The highest BCUT2D eigenvalue weighted by molar-refractivity contribution is 6.08. The minimum Gasteiger partial charge on any atom is -0.495 e. The molecule has 1 N–H and O–H groups in total. The van der Waals surface area contributed by atoms with Gasteiger partial charge in [0, 0.05) is 30.0 Å². The average molecular weight is 469 g/mol. The second-order valence-electron chi connectivity index (χ2n) is 9.20. The van der Waals surface area contributed by atoms with Gasteiger partial charge in [0.25, 0.3) is 5.91 Å². The first-order chi connectivity index (χ1) is 16.8. The van der Waals surface area contributed by atoms with Crippen LogP contribution in [-0.4, -0.2) is 33.4 Å². The van der Waals surface area contributed by atoms with Crippen LogP contribution in [0.5, 0.6) is 11.5 Å². The van der Waals surface area contributed by atoms with Gasteiger partial charge in [-0.1, -0.05) is 6.07 Å². The third-order valence-corrected chi connectivity index (χ3v) is 6.16. The van der Waals surface area contributed by atoms with E-state index in [4.69, 9.17) is 14.6 Å². The van der Waals surface area contributed by atoms with Crippen molar-refractivity contribution in [3.8, 4) is 11.5 Å². The Morgan fingerprint density at radius 3 is 2.83 bits per heavy atom. The van der Waals surface area contributed by atoms with E-state index in [1.165, 1.54) is 0 Å². The molecule has 1 aliphatic rings. The summed E-state index contributed by atoms with van der Waals surface area (Å²) in [6.45, 7) is 6.68. The normalized spacial score (nSPS) is 13.8. The summed E-state index contributed by atoms with van der Waals surface area (Å²) >= 11 is 0. The van der Waals surface area contributed by atoms with Crippen molar-refractivity contribution in [1.29, 1.82) is 0 Å². The van der Waals surface area contributed by atoms with Gasteiger partial charge < -0.3 is 14.8 Å². The fraction of sp³-hybridized carbons (Fsp3) is 0.250. The number of ether oxygens (including phenoxy) is 2. The van der Waals surface area contributed by atoms with Crippen molar-refractivity contribution >= 4 is 28.6 Å². The highest BCUT2D eigenvalue weighted by Gasteiger charge is 2.26. The van der Waals surface area contributed by atoms with Gasteiger partial charge in [-0.2, -0.15) is 5.10 Å². The summed E-state index contributed by atoms with van der Waals surface area (Å²) in [7, 11) is 1.57. The van der Waals surface area contributed by atoms with Crippen LogP contribution in [0.3, 0.4) is 0 Å². The molecule has 0 radical (unpaired) electrons. The summed E-state index contributed by atoms with van der Waals surface area (Å²) in [5.41, 5.74) is 4.57. The van der Waals surface area contributed by atoms with Crippen LogP contribution in [0.4, 0.5) is 5.69 Å². The van der Waals surface area contributed by atoms with Gasteiger partial charge in [-0.15, -0.1) is 0 Å². The molecular formula is C28H28N4O3. The van der Waals surface area contributed by atoms with E-state index in [1.807, 2.05) is 74.1 Å². The number of nitrogens with one attached hydrogen (secondary N) is 1. The number of aryl methyl sites for hydroxylation is 3. The molecule has 0 spiro atoms. The van der Waals surface area contributed by atoms with E-state index in [0.29, 0.717) is 22.7 Å². The van der Waals surface area contributed by atoms with Crippen molar-refractivity contribution < 1.29 is 14.3 Å². The Labute approximate surface area is 204 Å². The molecule has 0 fully saturated rings. The van der Waals surface area contributed by atoms with Crippen LogP contribution in [0.1, 0.15) is 41.0 Å². The van der Waals surface area contributed by atoms with Gasteiger partial charge >= 0.3 is 0 Å². The molecule has 0 saturated heterocycles. The van der Waals surface area contributed by atoms with Crippen molar-refractivity contribution in [2.24, 2.45) is 0 Å². The second kappa shape index (κ2) is 8.91. The molecule has 0 aliphatic carbocycles. The van der Waals surface area contributed by atoms with Crippen LogP contribution in [-0.2, 0) is 13.0 Å². The molecule has 0 atom stereocenters. The minimum atomic E-state index is -0.407. The number of carbonyl (C=O) groups excluding carboxylic acids is 1. The molecule has 0 bridgehead atoms. The number of nitrogens with zero attached hydrogens (tertiary/aromatic N) is 3. The Hall–Kier alpha value is -4.13. The van der Waals surface area contributed by atoms with Crippen LogP contribution in [0.2, 0.25) is 0 Å². The zero-order valence-electron chi connectivity index (χ0n) is 20.3. The molecule has 7 heteroatoms. The van der Waals surface area contributed by atoms with E-state index in [-0.39, 0.29) is 5.91 Å². The van der Waals surface area contributed by atoms with Crippen LogP contribution in [0.15, 0.2) is 60.9 Å². The number of carbonyl (C=O) groups is 1. The van der Waals surface area contributed by atoms with Crippen LogP contribution >= 0.6 is 0 Å². The smallest absolute Gasteiger partial charge is 0.259 e. The molecule has 5 rings (SSSR count). The van der Waals surface area contributed by atoms with Gasteiger partial charge in [-0.3, -0.25) is 14.5 Å². The third kappa shape index (κ3) is 4.49. The van der Waals surface area contributed by atoms with Gasteiger partial charge in [0.2, 0.25) is 0 Å². The Bertz CT molecular complexity index is 1440. The lowest BCUT2D eigenvalue weighted by atomic mass is 9.99. The zero-order valence-corrected chi connectivity index (χ0v) is 20.3. The highest BCUT2D eigenvalue weighted by atomic mass is 16.5. The topological polar surface area (TPSA) is 78.3 Å². The standard InChI is InChI=1S/C28H28N4O3/c1-18-21-8-7-20(16-24(21)32(31-18)15-12-19-6-5-14-29-17-19)30-27(33)23-9-10-25-22(26(23)34-4)11-13-28(2,3)35-25/h5-11,13-14,16-17H,12,15H2,1-4H3,(H,30,33). The van der Waals surface area contributed by atoms with E-state index in [1.54, 1.807) is 19.4 Å². The predicted molar refractivity (Wildman–Crippen MR) is 137 cm³/mol. The fourth-order valence-electron chi connectivity index (χ4n) is 4.40. The maximum absolute atomic E-state index is 13.3. The maximum atomic E-state index is 13.3. The molecule has 1 aliphatic heterocycles. The van der Waals surface area contributed by atoms with Gasteiger partial charge in [0.1, 0.15) is 17.1 Å². The number of aromatic nitrogens is 3. The molecule has 2 aromatic carbocycles. The summed E-state index contributed by atoms with van der Waals surface area (Å²) < 4.78 is 13.6. The summed E-state index contributed by atoms with van der Waals surface area (Å²) in [4.78, 5) is 17.4. The summed E-state index contributed by atoms with van der Waals surface area (Å²) in [6, 6.07) is 13.4. The Morgan fingerprint density at radius 2 is 2.06 bits per heavy atom. The lowest BCUT2D eigenvalue weighted by Gasteiger charge is -2.29. The molecule has 178 valence electrons. The number of rotatable bonds is 6. The fourth-order valence-corrected chi connectivity index (χ4v) is 4.40. The lowest BCUT2D eigenvalue weighted by molar-refractivity contribution is 0.102. The van der Waals surface area contributed by atoms with Gasteiger partial charge in [-0.05, 0) is 81.3 Å². The van der Waals surface area contributed by atoms with Crippen molar-refractivity contribution in [3.63, 3.8) is 0 Å². The molecular weight excluding hydrogens is 440 g/mol. The largest absolute Gasteiger partial charge is 0.495 e. The molecule has 2 aromatic heterocycles. The van der Waals surface area contributed by atoms with Crippen molar-refractivity contribution in [1.82, 2.24) is 14.8 Å². The Morgan fingerprint density at radius 1 is 1.20 bits per heavy atom. The van der Waals surface area contributed by atoms with Crippen LogP contribution < -0.4 is 14.8 Å². The van der Waals surface area contributed by atoms with E-state index < -0.39 is 5.60 Å². The summed E-state index contributed by atoms with van der Waals surface area (Å²) in [5.74, 6) is 0.936. The Kier molecular flexibility index (Phi) is 5.76. The summed E-state index contributed by atoms with van der Waals surface area (Å²) in [5, 5.41) is 8.80. The van der Waals surface area contributed by atoms with E-state index >= 15 is 0 Å². The SMILES string of the molecule is COc1c(C(=O)Nc2ccc3c(C)nn(CCc4cccnc4)c3c2)ccc2c1C=CC(C)(C)O2. The quantitative estimate of drug-likeness (QED) is 0.408.